The van der Waals surface area contributed by atoms with E-state index in [0.717, 1.165) is 37.6 Å². The van der Waals surface area contributed by atoms with Gasteiger partial charge in [-0.2, -0.15) is 0 Å². The van der Waals surface area contributed by atoms with E-state index >= 15 is 0 Å². The lowest BCUT2D eigenvalue weighted by Crippen LogP contribution is -2.46. The molecule has 1 aromatic carbocycles. The Hall–Kier alpha value is -2.60. The molecule has 0 radical (unpaired) electrons. The highest BCUT2D eigenvalue weighted by Crippen LogP contribution is 2.22. The number of hydrogen-bond donors (Lipinski definition) is 2. The van der Waals surface area contributed by atoms with Gasteiger partial charge in [0.25, 0.3) is 5.91 Å². The number of aromatic nitrogens is 1. The maximum Gasteiger partial charge on any atom is 0.274 e. The topological polar surface area (TPSA) is 68.7 Å². The first kappa shape index (κ1) is 17.2. The number of rotatable bonds is 4. The third-order valence-electron chi connectivity index (χ3n) is 4.60. The molecule has 3 rings (SSSR count). The number of piperazine rings is 1. The Balaban J connectivity index is 1.60. The molecule has 0 saturated carbocycles. The number of hydrogen-bond acceptors (Lipinski definition) is 5. The van der Waals surface area contributed by atoms with Gasteiger partial charge in [-0.15, -0.1) is 0 Å². The first-order valence-electron chi connectivity index (χ1n) is 8.59. The summed E-state index contributed by atoms with van der Waals surface area (Å²) in [7, 11) is 0. The van der Waals surface area contributed by atoms with Crippen LogP contribution in [-0.2, 0) is 0 Å². The van der Waals surface area contributed by atoms with Crippen molar-refractivity contribution in [2.24, 2.45) is 0 Å². The summed E-state index contributed by atoms with van der Waals surface area (Å²) < 4.78 is 0. The highest BCUT2D eigenvalue weighted by Gasteiger charge is 2.18. The van der Waals surface area contributed by atoms with E-state index in [4.69, 9.17) is 5.21 Å². The lowest BCUT2D eigenvalue weighted by Gasteiger charge is -2.37. The molecule has 1 fully saturated rings. The second-order valence-corrected chi connectivity index (χ2v) is 6.56. The highest BCUT2D eigenvalue weighted by molar-refractivity contribution is 5.93. The summed E-state index contributed by atoms with van der Waals surface area (Å²) in [6, 6.07) is 11.5. The van der Waals surface area contributed by atoms with Gasteiger partial charge in [0.05, 0.1) is 11.9 Å². The third kappa shape index (κ3) is 3.91. The van der Waals surface area contributed by atoms with Crippen LogP contribution in [0.5, 0.6) is 0 Å². The van der Waals surface area contributed by atoms with Crippen molar-refractivity contribution in [1.29, 1.82) is 0 Å². The summed E-state index contributed by atoms with van der Waals surface area (Å²) in [6.45, 7) is 7.99. The molecule has 25 heavy (non-hydrogen) atoms. The molecule has 0 bridgehead atoms. The molecule has 6 heteroatoms. The predicted molar refractivity (Wildman–Crippen MR) is 98.4 cm³/mol. The normalized spacial score (nSPS) is 14.7. The summed E-state index contributed by atoms with van der Waals surface area (Å²) in [5, 5.41) is 8.67. The van der Waals surface area contributed by atoms with Crippen LogP contribution in [-0.4, -0.2) is 42.3 Å². The monoisotopic (exact) mass is 340 g/mol. The molecule has 0 atom stereocenters. The molecule has 132 valence electrons. The fourth-order valence-electron chi connectivity index (χ4n) is 3.04. The van der Waals surface area contributed by atoms with Gasteiger partial charge in [-0.25, -0.2) is 5.48 Å². The van der Waals surface area contributed by atoms with Crippen molar-refractivity contribution in [1.82, 2.24) is 10.5 Å². The van der Waals surface area contributed by atoms with Crippen molar-refractivity contribution in [3.05, 3.63) is 53.9 Å². The number of amides is 1. The minimum atomic E-state index is -0.492. The third-order valence-corrected chi connectivity index (χ3v) is 4.60. The summed E-state index contributed by atoms with van der Waals surface area (Å²) in [5.41, 5.74) is 5.47. The number of carbonyl (C=O) groups excluding carboxylic acids is 1. The van der Waals surface area contributed by atoms with E-state index in [1.165, 1.54) is 5.69 Å². The molecular formula is C19H24N4O2. The second-order valence-electron chi connectivity index (χ2n) is 6.56. The minimum Gasteiger partial charge on any atom is -0.368 e. The van der Waals surface area contributed by atoms with Gasteiger partial charge < -0.3 is 9.80 Å². The molecule has 0 spiro atoms. The lowest BCUT2D eigenvalue weighted by molar-refractivity contribution is 0.0706. The number of pyridine rings is 1. The van der Waals surface area contributed by atoms with E-state index in [1.807, 2.05) is 18.3 Å². The molecule has 2 aromatic rings. The Bertz CT molecular complexity index is 705. The number of carbonyl (C=O) groups is 1. The van der Waals surface area contributed by atoms with Crippen LogP contribution in [0, 0.1) is 0 Å². The van der Waals surface area contributed by atoms with Crippen LogP contribution < -0.4 is 15.3 Å². The summed E-state index contributed by atoms with van der Waals surface area (Å²) >= 11 is 0. The van der Waals surface area contributed by atoms with E-state index in [9.17, 15) is 4.79 Å². The van der Waals surface area contributed by atoms with Crippen LogP contribution in [0.15, 0.2) is 42.6 Å². The molecule has 6 nitrogen and oxygen atoms in total. The first-order valence-corrected chi connectivity index (χ1v) is 8.59. The van der Waals surface area contributed by atoms with E-state index < -0.39 is 5.91 Å². The predicted octanol–water partition coefficient (Wildman–Crippen LogP) is 2.65. The summed E-state index contributed by atoms with van der Waals surface area (Å²) in [6.07, 6.45) is 1.97. The lowest BCUT2D eigenvalue weighted by atomic mass is 10.1. The van der Waals surface area contributed by atoms with Crippen LogP contribution >= 0.6 is 0 Å². The van der Waals surface area contributed by atoms with E-state index in [1.54, 1.807) is 17.6 Å². The van der Waals surface area contributed by atoms with Gasteiger partial charge in [0.2, 0.25) is 0 Å². The Morgan fingerprint density at radius 1 is 1.00 bits per heavy atom. The molecule has 1 aliphatic rings. The van der Waals surface area contributed by atoms with Crippen LogP contribution in [0.25, 0.3) is 0 Å². The van der Waals surface area contributed by atoms with Gasteiger partial charge in [0, 0.05) is 43.1 Å². The number of hydroxylamine groups is 1. The zero-order valence-electron chi connectivity index (χ0n) is 14.6. The van der Waals surface area contributed by atoms with Crippen molar-refractivity contribution in [3.63, 3.8) is 0 Å². The fraction of sp³-hybridized carbons (Fsp3) is 0.368. The first-order chi connectivity index (χ1) is 12.1. The smallest absolute Gasteiger partial charge is 0.274 e. The fourth-order valence-corrected chi connectivity index (χ4v) is 3.04. The Labute approximate surface area is 148 Å². The van der Waals surface area contributed by atoms with Crippen molar-refractivity contribution in [3.8, 4) is 0 Å². The highest BCUT2D eigenvalue weighted by atomic mass is 16.5. The maximum absolute atomic E-state index is 11.4. The Morgan fingerprint density at radius 3 is 2.04 bits per heavy atom. The van der Waals surface area contributed by atoms with Gasteiger partial charge in [-0.3, -0.25) is 15.0 Å². The van der Waals surface area contributed by atoms with Crippen molar-refractivity contribution in [2.45, 2.75) is 19.8 Å². The van der Waals surface area contributed by atoms with Gasteiger partial charge in [0.1, 0.15) is 0 Å². The van der Waals surface area contributed by atoms with Gasteiger partial charge in [-0.1, -0.05) is 13.8 Å². The van der Waals surface area contributed by atoms with Gasteiger partial charge in [-0.05, 0) is 42.3 Å². The van der Waals surface area contributed by atoms with Crippen LogP contribution in [0.2, 0.25) is 0 Å². The van der Waals surface area contributed by atoms with E-state index in [-0.39, 0.29) is 0 Å². The molecule has 2 heterocycles. The minimum absolute atomic E-state index is 0.446. The summed E-state index contributed by atoms with van der Waals surface area (Å²) in [5.74, 6) is -0.0458. The van der Waals surface area contributed by atoms with Crippen LogP contribution in [0.4, 0.5) is 11.4 Å². The quantitative estimate of drug-likeness (QED) is 0.661. The van der Waals surface area contributed by atoms with Crippen molar-refractivity contribution in [2.75, 3.05) is 36.0 Å². The molecule has 1 amide bonds. The van der Waals surface area contributed by atoms with Gasteiger partial charge >= 0.3 is 0 Å². The standard InChI is InChI=1S/C19H24N4O2/c1-14(2)18-8-7-17(13-20-18)23-11-9-22(10-12-23)16-5-3-15(4-6-16)19(24)21-25/h3-8,13-14,25H,9-12H2,1-2H3,(H,21,24). The molecule has 0 aliphatic carbocycles. The average Bonchev–Trinajstić information content (AvgIpc) is 2.67. The molecule has 2 N–H and O–H groups in total. The maximum atomic E-state index is 11.4. The molecule has 1 saturated heterocycles. The molecule has 1 aliphatic heterocycles. The number of nitrogens with zero attached hydrogens (tertiary/aromatic N) is 3. The molecule has 1 aromatic heterocycles. The van der Waals surface area contributed by atoms with Crippen molar-refractivity contribution >= 4 is 17.3 Å². The van der Waals surface area contributed by atoms with Crippen LogP contribution in [0.3, 0.4) is 0 Å². The van der Waals surface area contributed by atoms with Crippen molar-refractivity contribution < 1.29 is 10.0 Å². The van der Waals surface area contributed by atoms with E-state index in [0.29, 0.717) is 11.5 Å². The largest absolute Gasteiger partial charge is 0.368 e. The average molecular weight is 340 g/mol. The zero-order chi connectivity index (χ0) is 17.8. The number of anilines is 2. The Morgan fingerprint density at radius 2 is 1.56 bits per heavy atom. The number of benzene rings is 1. The summed E-state index contributed by atoms with van der Waals surface area (Å²) in [4.78, 5) is 20.6. The Kier molecular flexibility index (Phi) is 5.19. The van der Waals surface area contributed by atoms with E-state index in [2.05, 4.69) is 40.8 Å². The SMILES string of the molecule is CC(C)c1ccc(N2CCN(c3ccc(C(=O)NO)cc3)CC2)cn1. The second kappa shape index (κ2) is 7.53. The molecule has 0 unspecified atom stereocenters. The number of nitrogens with one attached hydrogen (secondary N) is 1. The van der Waals surface area contributed by atoms with Crippen LogP contribution in [0.1, 0.15) is 35.8 Å². The molecular weight excluding hydrogens is 316 g/mol. The zero-order valence-corrected chi connectivity index (χ0v) is 14.6. The van der Waals surface area contributed by atoms with Gasteiger partial charge in [0.15, 0.2) is 0 Å².